The van der Waals surface area contributed by atoms with Crippen LogP contribution in [0.5, 0.6) is 0 Å². The van der Waals surface area contributed by atoms with Crippen molar-refractivity contribution in [3.05, 3.63) is 0 Å². The van der Waals surface area contributed by atoms with E-state index in [2.05, 4.69) is 17.3 Å². The van der Waals surface area contributed by atoms with Gasteiger partial charge < -0.3 is 10.2 Å². The molecule has 2 nitrogen and oxygen atoms in total. The second-order valence-corrected chi connectivity index (χ2v) is 7.77. The van der Waals surface area contributed by atoms with E-state index in [-0.39, 0.29) is 0 Å². The van der Waals surface area contributed by atoms with Gasteiger partial charge in [0.25, 0.3) is 0 Å². The molecule has 3 atom stereocenters. The average molecular weight is 278 g/mol. The molecule has 0 heterocycles. The van der Waals surface area contributed by atoms with E-state index in [0.29, 0.717) is 0 Å². The van der Waals surface area contributed by atoms with Gasteiger partial charge in [-0.15, -0.1) is 0 Å². The van der Waals surface area contributed by atoms with Crippen molar-refractivity contribution in [1.29, 1.82) is 0 Å². The topological polar surface area (TPSA) is 15.3 Å². The van der Waals surface area contributed by atoms with Crippen LogP contribution in [0.1, 0.15) is 64.2 Å². The van der Waals surface area contributed by atoms with E-state index >= 15 is 0 Å². The molecule has 0 aromatic carbocycles. The minimum Gasteiger partial charge on any atom is -0.316 e. The van der Waals surface area contributed by atoms with Crippen LogP contribution in [0, 0.1) is 17.8 Å². The maximum absolute atomic E-state index is 3.74. The number of hydrogen-bond acceptors (Lipinski definition) is 2. The summed E-state index contributed by atoms with van der Waals surface area (Å²) in [5.41, 5.74) is 0. The van der Waals surface area contributed by atoms with Gasteiger partial charge >= 0.3 is 0 Å². The van der Waals surface area contributed by atoms with Gasteiger partial charge in [0.1, 0.15) is 0 Å². The summed E-state index contributed by atoms with van der Waals surface area (Å²) in [5, 5.41) is 3.74. The highest BCUT2D eigenvalue weighted by molar-refractivity contribution is 4.90. The predicted octanol–water partition coefficient (Wildman–Crippen LogP) is 3.67. The standard InChI is InChI=1S/C18H34N2/c1-20(18-6-3-2-4-7-18)11-5-10-19-14-17-13-15-8-9-16(17)12-15/h15-19H,2-14H2,1H3. The Labute approximate surface area is 125 Å². The van der Waals surface area contributed by atoms with Crippen molar-refractivity contribution in [1.82, 2.24) is 10.2 Å². The van der Waals surface area contributed by atoms with Crippen molar-refractivity contribution in [2.45, 2.75) is 70.3 Å². The molecule has 2 bridgehead atoms. The lowest BCUT2D eigenvalue weighted by Crippen LogP contribution is -2.35. The van der Waals surface area contributed by atoms with E-state index < -0.39 is 0 Å². The number of fused-ring (bicyclic) bond motifs is 2. The van der Waals surface area contributed by atoms with E-state index in [4.69, 9.17) is 0 Å². The molecule has 116 valence electrons. The second-order valence-electron chi connectivity index (χ2n) is 7.77. The van der Waals surface area contributed by atoms with E-state index in [1.165, 1.54) is 77.4 Å². The zero-order valence-electron chi connectivity index (χ0n) is 13.4. The van der Waals surface area contributed by atoms with Crippen molar-refractivity contribution >= 4 is 0 Å². The predicted molar refractivity (Wildman–Crippen MR) is 85.9 cm³/mol. The number of nitrogens with zero attached hydrogens (tertiary/aromatic N) is 1. The first-order valence-corrected chi connectivity index (χ1v) is 9.24. The zero-order valence-corrected chi connectivity index (χ0v) is 13.4. The van der Waals surface area contributed by atoms with Crippen molar-refractivity contribution in [2.24, 2.45) is 17.8 Å². The van der Waals surface area contributed by atoms with Gasteiger partial charge in [0.15, 0.2) is 0 Å². The quantitative estimate of drug-likeness (QED) is 0.715. The number of nitrogens with one attached hydrogen (secondary N) is 1. The molecule has 2 heteroatoms. The third kappa shape index (κ3) is 3.76. The lowest BCUT2D eigenvalue weighted by Gasteiger charge is -2.31. The van der Waals surface area contributed by atoms with Gasteiger partial charge in [0.05, 0.1) is 0 Å². The van der Waals surface area contributed by atoms with Crippen molar-refractivity contribution in [3.63, 3.8) is 0 Å². The van der Waals surface area contributed by atoms with Crippen molar-refractivity contribution in [2.75, 3.05) is 26.7 Å². The fourth-order valence-electron chi connectivity index (χ4n) is 5.07. The molecule has 1 N–H and O–H groups in total. The summed E-state index contributed by atoms with van der Waals surface area (Å²) in [5.74, 6) is 3.20. The van der Waals surface area contributed by atoms with Crippen LogP contribution in [0.4, 0.5) is 0 Å². The fourth-order valence-corrected chi connectivity index (χ4v) is 5.07. The number of hydrogen-bond donors (Lipinski definition) is 1. The van der Waals surface area contributed by atoms with E-state index in [1.54, 1.807) is 6.42 Å². The number of rotatable bonds is 7. The van der Waals surface area contributed by atoms with Gasteiger partial charge in [-0.3, -0.25) is 0 Å². The Bertz CT molecular complexity index is 285. The first-order valence-electron chi connectivity index (χ1n) is 9.24. The Balaban J connectivity index is 1.23. The third-order valence-electron chi connectivity index (χ3n) is 6.35. The highest BCUT2D eigenvalue weighted by atomic mass is 15.1. The highest BCUT2D eigenvalue weighted by Gasteiger charge is 2.38. The van der Waals surface area contributed by atoms with Gasteiger partial charge in [0.2, 0.25) is 0 Å². The molecule has 0 aliphatic heterocycles. The van der Waals surface area contributed by atoms with Crippen LogP contribution in [0.15, 0.2) is 0 Å². The molecule has 20 heavy (non-hydrogen) atoms. The van der Waals surface area contributed by atoms with E-state index in [9.17, 15) is 0 Å². The summed E-state index contributed by atoms with van der Waals surface area (Å²) in [4.78, 5) is 2.62. The minimum atomic E-state index is 0.884. The summed E-state index contributed by atoms with van der Waals surface area (Å²) in [7, 11) is 2.34. The lowest BCUT2D eigenvalue weighted by molar-refractivity contribution is 0.189. The van der Waals surface area contributed by atoms with Gasteiger partial charge in [-0.25, -0.2) is 0 Å². The van der Waals surface area contributed by atoms with Crippen LogP contribution in [-0.4, -0.2) is 37.6 Å². The Hall–Kier alpha value is -0.0800. The summed E-state index contributed by atoms with van der Waals surface area (Å²) >= 11 is 0. The van der Waals surface area contributed by atoms with Crippen molar-refractivity contribution < 1.29 is 0 Å². The highest BCUT2D eigenvalue weighted by Crippen LogP contribution is 2.47. The Morgan fingerprint density at radius 2 is 1.85 bits per heavy atom. The molecule has 3 fully saturated rings. The molecule has 0 saturated heterocycles. The van der Waals surface area contributed by atoms with Gasteiger partial charge in [-0.05, 0) is 83.0 Å². The summed E-state index contributed by atoms with van der Waals surface area (Å²) in [6, 6.07) is 0.884. The Kier molecular flexibility index (Phi) is 5.39. The minimum absolute atomic E-state index is 0.884. The van der Waals surface area contributed by atoms with Crippen LogP contribution in [0.2, 0.25) is 0 Å². The molecule has 3 unspecified atom stereocenters. The van der Waals surface area contributed by atoms with Crippen LogP contribution in [-0.2, 0) is 0 Å². The van der Waals surface area contributed by atoms with Crippen LogP contribution < -0.4 is 5.32 Å². The SMILES string of the molecule is CN(CCCNCC1CC2CCC1C2)C1CCCCC1. The molecule has 3 saturated carbocycles. The Morgan fingerprint density at radius 1 is 1.00 bits per heavy atom. The summed E-state index contributed by atoms with van der Waals surface area (Å²) < 4.78 is 0. The molecule has 0 aromatic rings. The normalized spacial score (nSPS) is 34.2. The monoisotopic (exact) mass is 278 g/mol. The molecule has 0 spiro atoms. The van der Waals surface area contributed by atoms with E-state index in [0.717, 1.165) is 23.8 Å². The molecule has 0 radical (unpaired) electrons. The summed E-state index contributed by atoms with van der Waals surface area (Å²) in [6.07, 6.45) is 14.7. The van der Waals surface area contributed by atoms with Crippen LogP contribution in [0.3, 0.4) is 0 Å². The lowest BCUT2D eigenvalue weighted by atomic mass is 9.89. The Morgan fingerprint density at radius 3 is 2.55 bits per heavy atom. The first kappa shape index (κ1) is 14.8. The third-order valence-corrected chi connectivity index (χ3v) is 6.35. The fraction of sp³-hybridized carbons (Fsp3) is 1.00. The smallest absolute Gasteiger partial charge is 0.00922 e. The maximum Gasteiger partial charge on any atom is 0.00922 e. The summed E-state index contributed by atoms with van der Waals surface area (Å²) in [6.45, 7) is 3.81. The average Bonchev–Trinajstić information content (AvgIpc) is 3.10. The van der Waals surface area contributed by atoms with Gasteiger partial charge in [0, 0.05) is 6.04 Å². The zero-order chi connectivity index (χ0) is 13.8. The molecule has 3 aliphatic carbocycles. The molecule has 3 aliphatic rings. The second kappa shape index (κ2) is 7.26. The van der Waals surface area contributed by atoms with Gasteiger partial charge in [-0.1, -0.05) is 25.7 Å². The molecular weight excluding hydrogens is 244 g/mol. The molecule has 0 amide bonds. The largest absolute Gasteiger partial charge is 0.316 e. The molecular formula is C18H34N2. The molecule has 3 rings (SSSR count). The molecule has 0 aromatic heterocycles. The van der Waals surface area contributed by atoms with Crippen LogP contribution in [0.25, 0.3) is 0 Å². The van der Waals surface area contributed by atoms with Crippen LogP contribution >= 0.6 is 0 Å². The van der Waals surface area contributed by atoms with Crippen molar-refractivity contribution in [3.8, 4) is 0 Å². The van der Waals surface area contributed by atoms with Gasteiger partial charge in [-0.2, -0.15) is 0 Å². The van der Waals surface area contributed by atoms with E-state index in [1.807, 2.05) is 0 Å². The maximum atomic E-state index is 3.74. The first-order chi connectivity index (χ1) is 9.83.